The van der Waals surface area contributed by atoms with E-state index in [1.165, 1.54) is 64.9 Å². The number of aryl methyl sites for hydroxylation is 4. The van der Waals surface area contributed by atoms with E-state index in [0.29, 0.717) is 0 Å². The van der Waals surface area contributed by atoms with Crippen LogP contribution in [-0.4, -0.2) is 51.8 Å². The Balaban J connectivity index is 1.19. The Morgan fingerprint density at radius 2 is 1.52 bits per heavy atom. The molecule has 4 nitrogen and oxygen atoms in total. The van der Waals surface area contributed by atoms with Gasteiger partial charge >= 0.3 is 0 Å². The first-order valence-electron chi connectivity index (χ1n) is 15.1. The van der Waals surface area contributed by atoms with Gasteiger partial charge < -0.3 is 9.80 Å². The number of anilines is 2. The van der Waals surface area contributed by atoms with E-state index < -0.39 is 0 Å². The van der Waals surface area contributed by atoms with E-state index in [0.717, 1.165) is 50.1 Å². The first-order valence-corrected chi connectivity index (χ1v) is 15.5. The van der Waals surface area contributed by atoms with Gasteiger partial charge in [-0.3, -0.25) is 5.43 Å². The molecule has 1 N–H and O–H groups in total. The summed E-state index contributed by atoms with van der Waals surface area (Å²) in [7, 11) is 4.15. The summed E-state index contributed by atoms with van der Waals surface area (Å²) in [5, 5.41) is 3.15. The number of hydrazine groups is 1. The van der Waals surface area contributed by atoms with Gasteiger partial charge in [0.1, 0.15) is 0 Å². The molecule has 2 aliphatic rings. The highest BCUT2D eigenvalue weighted by atomic mass is 35.5. The number of rotatable bonds is 9. The molecule has 2 unspecified atom stereocenters. The van der Waals surface area contributed by atoms with Gasteiger partial charge in [0, 0.05) is 61.6 Å². The fourth-order valence-electron chi connectivity index (χ4n) is 7.04. The van der Waals surface area contributed by atoms with Crippen molar-refractivity contribution in [1.82, 2.24) is 10.4 Å². The van der Waals surface area contributed by atoms with Gasteiger partial charge in [-0.05, 0) is 118 Å². The molecule has 0 radical (unpaired) electrons. The number of halogens is 1. The summed E-state index contributed by atoms with van der Waals surface area (Å²) in [5.41, 5.74) is 12.9. The fourth-order valence-corrected chi connectivity index (χ4v) is 7.47. The lowest BCUT2D eigenvalue weighted by molar-refractivity contribution is 0.190. The Labute approximate surface area is 247 Å². The van der Waals surface area contributed by atoms with Gasteiger partial charge in [-0.2, -0.15) is 0 Å². The maximum atomic E-state index is 6.85. The van der Waals surface area contributed by atoms with Crippen LogP contribution in [0.2, 0.25) is 5.02 Å². The van der Waals surface area contributed by atoms with Crippen LogP contribution in [0.1, 0.15) is 53.5 Å². The second-order valence-corrected chi connectivity index (χ2v) is 12.8. The molecule has 1 saturated carbocycles. The first-order chi connectivity index (χ1) is 19.3. The fraction of sp³-hybridized carbons (Fsp3) is 0.486. The van der Waals surface area contributed by atoms with E-state index in [4.69, 9.17) is 11.6 Å². The molecule has 40 heavy (non-hydrogen) atoms. The van der Waals surface area contributed by atoms with Gasteiger partial charge in [0.2, 0.25) is 0 Å². The average Bonchev–Trinajstić information content (AvgIpc) is 3.36. The number of hydrogen-bond acceptors (Lipinski definition) is 4. The normalized spacial score (nSPS) is 21.4. The van der Waals surface area contributed by atoms with E-state index in [1.54, 1.807) is 0 Å². The summed E-state index contributed by atoms with van der Waals surface area (Å²) in [6, 6.07) is 22.8. The number of piperazine rings is 1. The van der Waals surface area contributed by atoms with Crippen molar-refractivity contribution in [3.63, 3.8) is 0 Å². The summed E-state index contributed by atoms with van der Waals surface area (Å²) < 4.78 is 0. The number of likely N-dealkylation sites (N-methyl/N-ethyl adjacent to an activating group) is 1. The molecule has 0 spiro atoms. The zero-order chi connectivity index (χ0) is 28.3. The van der Waals surface area contributed by atoms with E-state index >= 15 is 0 Å². The van der Waals surface area contributed by atoms with Crippen molar-refractivity contribution in [3.05, 3.63) is 93.5 Å². The summed E-state index contributed by atoms with van der Waals surface area (Å²) in [4.78, 5) is 5.06. The molecule has 2 atom stereocenters. The van der Waals surface area contributed by atoms with Crippen LogP contribution in [0.3, 0.4) is 0 Å². The van der Waals surface area contributed by atoms with Crippen LogP contribution in [0.15, 0.2) is 60.7 Å². The Kier molecular flexibility index (Phi) is 9.09. The van der Waals surface area contributed by atoms with E-state index in [-0.39, 0.29) is 5.41 Å². The molecule has 1 heterocycles. The molecule has 2 fully saturated rings. The monoisotopic (exact) mass is 558 g/mol. The van der Waals surface area contributed by atoms with Gasteiger partial charge in [0.05, 0.1) is 0 Å². The van der Waals surface area contributed by atoms with Crippen LogP contribution < -0.4 is 15.2 Å². The van der Waals surface area contributed by atoms with Crippen LogP contribution in [-0.2, 0) is 11.8 Å². The van der Waals surface area contributed by atoms with Gasteiger partial charge in [-0.1, -0.05) is 47.5 Å². The maximum Gasteiger partial charge on any atom is 0.0446 e. The zero-order valence-corrected chi connectivity index (χ0v) is 25.9. The Hall–Kier alpha value is -2.53. The molecule has 3 aromatic carbocycles. The van der Waals surface area contributed by atoms with Crippen molar-refractivity contribution in [1.29, 1.82) is 0 Å². The summed E-state index contributed by atoms with van der Waals surface area (Å²) in [6.07, 6.45) is 6.05. The Bertz CT molecular complexity index is 1280. The minimum atomic E-state index is 0.104. The molecule has 0 bridgehead atoms. The Morgan fingerprint density at radius 3 is 2.17 bits per heavy atom. The van der Waals surface area contributed by atoms with Crippen LogP contribution in [0.5, 0.6) is 0 Å². The van der Waals surface area contributed by atoms with Crippen LogP contribution in [0, 0.1) is 26.7 Å². The van der Waals surface area contributed by atoms with Crippen molar-refractivity contribution < 1.29 is 0 Å². The lowest BCUT2D eigenvalue weighted by Crippen LogP contribution is -2.46. The molecule has 5 rings (SSSR count). The quantitative estimate of drug-likeness (QED) is 0.277. The molecule has 0 amide bonds. The lowest BCUT2D eigenvalue weighted by atomic mass is 9.77. The number of nitrogens with one attached hydrogen (secondary N) is 1. The highest BCUT2D eigenvalue weighted by Gasteiger charge is 2.42. The van der Waals surface area contributed by atoms with Crippen LogP contribution >= 0.6 is 11.6 Å². The number of benzene rings is 3. The van der Waals surface area contributed by atoms with Crippen LogP contribution in [0.4, 0.5) is 11.4 Å². The van der Waals surface area contributed by atoms with Crippen molar-refractivity contribution in [3.8, 4) is 0 Å². The maximum absolute atomic E-state index is 6.85. The first kappa shape index (κ1) is 29.0. The van der Waals surface area contributed by atoms with Crippen molar-refractivity contribution in [2.75, 3.05) is 56.6 Å². The van der Waals surface area contributed by atoms with Gasteiger partial charge in [0.25, 0.3) is 0 Å². The second-order valence-electron chi connectivity index (χ2n) is 12.4. The molecular weight excluding hydrogens is 512 g/mol. The minimum Gasteiger partial charge on any atom is -0.368 e. The largest absolute Gasteiger partial charge is 0.368 e. The standard InChI is InChI=1S/C35H47ClN4/c1-26-6-12-31(13-7-26)39-18-20-40(21-19-39)32-14-11-30(28(3)23-32)10-9-29-16-17-35(24-29,25-38(5)37-4)33-15-8-27(2)22-34(33)36/h6-8,11-15,22-23,29,37H,9-10,16-21,24-25H2,1-5H3. The van der Waals surface area contributed by atoms with Gasteiger partial charge in [-0.15, -0.1) is 0 Å². The second kappa shape index (κ2) is 12.5. The van der Waals surface area contributed by atoms with E-state index in [9.17, 15) is 0 Å². The molecular formula is C35H47ClN4. The SMILES string of the molecule is CNN(C)CC1(c2ccc(C)cc2Cl)CCC(CCc2ccc(N3CCN(c4ccc(C)cc4)CC3)cc2C)C1. The topological polar surface area (TPSA) is 21.8 Å². The summed E-state index contributed by atoms with van der Waals surface area (Å²) >= 11 is 6.85. The molecule has 5 heteroatoms. The third-order valence-electron chi connectivity index (χ3n) is 9.52. The molecule has 1 aliphatic carbocycles. The molecule has 1 saturated heterocycles. The van der Waals surface area contributed by atoms with E-state index in [2.05, 4.69) is 109 Å². The highest BCUT2D eigenvalue weighted by Crippen LogP contribution is 2.48. The number of nitrogens with zero attached hydrogens (tertiary/aromatic N) is 3. The van der Waals surface area contributed by atoms with Crippen molar-refractivity contribution >= 4 is 23.0 Å². The zero-order valence-electron chi connectivity index (χ0n) is 25.1. The lowest BCUT2D eigenvalue weighted by Gasteiger charge is -2.37. The third-order valence-corrected chi connectivity index (χ3v) is 9.83. The van der Waals surface area contributed by atoms with Gasteiger partial charge in [0.15, 0.2) is 0 Å². The minimum absolute atomic E-state index is 0.104. The van der Waals surface area contributed by atoms with Gasteiger partial charge in [-0.25, -0.2) is 5.01 Å². The molecule has 1 aliphatic heterocycles. The van der Waals surface area contributed by atoms with Crippen LogP contribution in [0.25, 0.3) is 0 Å². The predicted molar refractivity (Wildman–Crippen MR) is 172 cm³/mol. The summed E-state index contributed by atoms with van der Waals surface area (Å²) in [5.74, 6) is 0.719. The summed E-state index contributed by atoms with van der Waals surface area (Å²) in [6.45, 7) is 11.8. The molecule has 214 valence electrons. The molecule has 3 aromatic rings. The van der Waals surface area contributed by atoms with E-state index in [1.807, 2.05) is 7.05 Å². The highest BCUT2D eigenvalue weighted by molar-refractivity contribution is 6.31. The third kappa shape index (κ3) is 6.51. The smallest absolute Gasteiger partial charge is 0.0446 e. The average molecular weight is 559 g/mol. The van der Waals surface area contributed by atoms with Crippen molar-refractivity contribution in [2.45, 2.75) is 58.3 Å². The molecule has 0 aromatic heterocycles. The Morgan fingerprint density at radius 1 is 0.875 bits per heavy atom. The number of hydrogen-bond donors (Lipinski definition) is 1. The van der Waals surface area contributed by atoms with Crippen molar-refractivity contribution in [2.24, 2.45) is 5.92 Å². The predicted octanol–water partition coefficient (Wildman–Crippen LogP) is 7.33.